The summed E-state index contributed by atoms with van der Waals surface area (Å²) >= 11 is 0. The molecule has 1 aromatic rings. The quantitative estimate of drug-likeness (QED) is 0.857. The minimum Gasteiger partial charge on any atom is -0.497 e. The van der Waals surface area contributed by atoms with Gasteiger partial charge in [-0.05, 0) is 31.5 Å². The maximum absolute atomic E-state index is 11.2. The molecule has 0 aliphatic rings. The average Bonchev–Trinajstić information content (AvgIpc) is 2.26. The Morgan fingerprint density at radius 1 is 1.22 bits per heavy atom. The van der Waals surface area contributed by atoms with E-state index in [1.54, 1.807) is 7.11 Å². The standard InChI is InChI=1S/C13H21NO3S/c1-10(9-18(4,15)16)14-11(2)12-5-7-13(17-3)8-6-12/h5-8,10-11,14H,9H2,1-4H3/t10?,11-/m0/s1. The van der Waals surface area contributed by atoms with Crippen LogP contribution in [-0.4, -0.2) is 33.6 Å². The lowest BCUT2D eigenvalue weighted by Gasteiger charge is -2.20. The SMILES string of the molecule is COc1ccc([C@H](C)NC(C)CS(C)(=O)=O)cc1. The minimum absolute atomic E-state index is 0.0721. The summed E-state index contributed by atoms with van der Waals surface area (Å²) < 4.78 is 27.5. The molecule has 1 aromatic carbocycles. The van der Waals surface area contributed by atoms with E-state index < -0.39 is 9.84 Å². The van der Waals surface area contributed by atoms with Crippen molar-refractivity contribution in [2.75, 3.05) is 19.1 Å². The Morgan fingerprint density at radius 2 is 1.78 bits per heavy atom. The summed E-state index contributed by atoms with van der Waals surface area (Å²) in [5.74, 6) is 0.961. The summed E-state index contributed by atoms with van der Waals surface area (Å²) in [4.78, 5) is 0. The lowest BCUT2D eigenvalue weighted by molar-refractivity contribution is 0.414. The Balaban J connectivity index is 2.61. The van der Waals surface area contributed by atoms with Gasteiger partial charge in [-0.2, -0.15) is 0 Å². The van der Waals surface area contributed by atoms with Crippen LogP contribution in [0.25, 0.3) is 0 Å². The molecule has 0 fully saturated rings. The van der Waals surface area contributed by atoms with Crippen molar-refractivity contribution in [3.05, 3.63) is 29.8 Å². The maximum atomic E-state index is 11.2. The largest absolute Gasteiger partial charge is 0.497 e. The number of sulfone groups is 1. The molecule has 18 heavy (non-hydrogen) atoms. The number of methoxy groups -OCH3 is 1. The van der Waals surface area contributed by atoms with E-state index in [-0.39, 0.29) is 17.8 Å². The second-order valence-electron chi connectivity index (χ2n) is 4.65. The van der Waals surface area contributed by atoms with Crippen molar-refractivity contribution in [1.82, 2.24) is 5.32 Å². The summed E-state index contributed by atoms with van der Waals surface area (Å²) in [6, 6.07) is 7.78. The van der Waals surface area contributed by atoms with Gasteiger partial charge < -0.3 is 10.1 Å². The highest BCUT2D eigenvalue weighted by Crippen LogP contribution is 2.17. The van der Waals surface area contributed by atoms with Crippen LogP contribution in [0.1, 0.15) is 25.5 Å². The molecule has 1 rings (SSSR count). The van der Waals surface area contributed by atoms with E-state index in [9.17, 15) is 8.42 Å². The molecule has 0 aliphatic heterocycles. The maximum Gasteiger partial charge on any atom is 0.148 e. The summed E-state index contributed by atoms with van der Waals surface area (Å²) in [6.07, 6.45) is 1.25. The lowest BCUT2D eigenvalue weighted by atomic mass is 10.1. The zero-order chi connectivity index (χ0) is 13.8. The molecule has 1 unspecified atom stereocenters. The van der Waals surface area contributed by atoms with Gasteiger partial charge in [-0.1, -0.05) is 12.1 Å². The van der Waals surface area contributed by atoms with Crippen LogP contribution >= 0.6 is 0 Å². The van der Waals surface area contributed by atoms with Gasteiger partial charge in [0.15, 0.2) is 0 Å². The van der Waals surface area contributed by atoms with Crippen molar-refractivity contribution in [1.29, 1.82) is 0 Å². The second kappa shape index (κ2) is 6.20. The summed E-state index contributed by atoms with van der Waals surface area (Å²) in [5, 5.41) is 3.27. The third-order valence-electron chi connectivity index (χ3n) is 2.70. The number of hydrogen-bond donors (Lipinski definition) is 1. The van der Waals surface area contributed by atoms with E-state index in [0.717, 1.165) is 11.3 Å². The Kier molecular flexibility index (Phi) is 5.16. The first-order chi connectivity index (χ1) is 8.31. The van der Waals surface area contributed by atoms with E-state index in [1.165, 1.54) is 6.26 Å². The summed E-state index contributed by atoms with van der Waals surface area (Å²) in [6.45, 7) is 3.89. The zero-order valence-corrected chi connectivity index (χ0v) is 12.1. The third kappa shape index (κ3) is 5.06. The first kappa shape index (κ1) is 15.0. The van der Waals surface area contributed by atoms with Crippen LogP contribution in [0.2, 0.25) is 0 Å². The molecular formula is C13H21NO3S. The molecule has 0 radical (unpaired) electrons. The Hall–Kier alpha value is -1.07. The molecule has 102 valence electrons. The molecule has 1 N–H and O–H groups in total. The molecule has 2 atom stereocenters. The van der Waals surface area contributed by atoms with Gasteiger partial charge in [0.25, 0.3) is 0 Å². The highest BCUT2D eigenvalue weighted by molar-refractivity contribution is 7.90. The summed E-state index contributed by atoms with van der Waals surface area (Å²) in [5.41, 5.74) is 1.11. The van der Waals surface area contributed by atoms with Gasteiger partial charge in [0.05, 0.1) is 12.9 Å². The predicted molar refractivity (Wildman–Crippen MR) is 73.7 cm³/mol. The normalized spacial score (nSPS) is 15.1. The van der Waals surface area contributed by atoms with Gasteiger partial charge in [-0.15, -0.1) is 0 Å². The molecule has 0 amide bonds. The Labute approximate surface area is 109 Å². The molecule has 0 saturated heterocycles. The number of rotatable bonds is 6. The van der Waals surface area contributed by atoms with E-state index >= 15 is 0 Å². The number of nitrogens with one attached hydrogen (secondary N) is 1. The van der Waals surface area contributed by atoms with E-state index in [1.807, 2.05) is 38.1 Å². The van der Waals surface area contributed by atoms with Crippen LogP contribution in [-0.2, 0) is 9.84 Å². The third-order valence-corrected chi connectivity index (χ3v) is 3.81. The zero-order valence-electron chi connectivity index (χ0n) is 11.3. The van der Waals surface area contributed by atoms with E-state index in [2.05, 4.69) is 5.32 Å². The van der Waals surface area contributed by atoms with Crippen molar-refractivity contribution in [2.45, 2.75) is 25.9 Å². The highest BCUT2D eigenvalue weighted by Gasteiger charge is 2.13. The molecule has 0 heterocycles. The highest BCUT2D eigenvalue weighted by atomic mass is 32.2. The van der Waals surface area contributed by atoms with Gasteiger partial charge in [0.2, 0.25) is 0 Å². The van der Waals surface area contributed by atoms with Crippen molar-refractivity contribution >= 4 is 9.84 Å². The number of hydrogen-bond acceptors (Lipinski definition) is 4. The van der Waals surface area contributed by atoms with Crippen LogP contribution in [0, 0.1) is 0 Å². The lowest BCUT2D eigenvalue weighted by Crippen LogP contribution is -2.34. The van der Waals surface area contributed by atoms with E-state index in [0.29, 0.717) is 0 Å². The van der Waals surface area contributed by atoms with Crippen LogP contribution in [0.4, 0.5) is 0 Å². The average molecular weight is 271 g/mol. The van der Waals surface area contributed by atoms with Crippen molar-refractivity contribution in [2.24, 2.45) is 0 Å². The van der Waals surface area contributed by atoms with Crippen LogP contribution in [0.5, 0.6) is 5.75 Å². The molecule has 5 heteroatoms. The van der Waals surface area contributed by atoms with Gasteiger partial charge in [-0.3, -0.25) is 0 Å². The molecule has 0 aromatic heterocycles. The van der Waals surface area contributed by atoms with Crippen LogP contribution < -0.4 is 10.1 Å². The first-order valence-electron chi connectivity index (χ1n) is 5.89. The minimum atomic E-state index is -2.94. The van der Waals surface area contributed by atoms with Gasteiger partial charge >= 0.3 is 0 Å². The molecular weight excluding hydrogens is 250 g/mol. The molecule has 0 spiro atoms. The number of benzene rings is 1. The van der Waals surface area contributed by atoms with Crippen molar-refractivity contribution < 1.29 is 13.2 Å². The predicted octanol–water partition coefficient (Wildman–Crippen LogP) is 1.78. The first-order valence-corrected chi connectivity index (χ1v) is 7.95. The molecule has 0 aliphatic carbocycles. The van der Waals surface area contributed by atoms with Gasteiger partial charge in [-0.25, -0.2) is 8.42 Å². The molecule has 0 bridgehead atoms. The summed E-state index contributed by atoms with van der Waals surface area (Å²) in [7, 11) is -1.31. The Morgan fingerprint density at radius 3 is 2.22 bits per heavy atom. The van der Waals surface area contributed by atoms with Crippen LogP contribution in [0.3, 0.4) is 0 Å². The fraction of sp³-hybridized carbons (Fsp3) is 0.538. The smallest absolute Gasteiger partial charge is 0.148 e. The topological polar surface area (TPSA) is 55.4 Å². The van der Waals surface area contributed by atoms with Crippen molar-refractivity contribution in [3.63, 3.8) is 0 Å². The van der Waals surface area contributed by atoms with Crippen molar-refractivity contribution in [3.8, 4) is 5.75 Å². The molecule has 0 saturated carbocycles. The Bertz CT molecular complexity index is 468. The molecule has 4 nitrogen and oxygen atoms in total. The fourth-order valence-electron chi connectivity index (χ4n) is 1.92. The number of ether oxygens (including phenoxy) is 1. The van der Waals surface area contributed by atoms with E-state index in [4.69, 9.17) is 4.74 Å². The monoisotopic (exact) mass is 271 g/mol. The van der Waals surface area contributed by atoms with Crippen LogP contribution in [0.15, 0.2) is 24.3 Å². The van der Waals surface area contributed by atoms with Gasteiger partial charge in [0, 0.05) is 18.3 Å². The van der Waals surface area contributed by atoms with Gasteiger partial charge in [0.1, 0.15) is 15.6 Å². The second-order valence-corrected chi connectivity index (χ2v) is 6.84. The fourth-order valence-corrected chi connectivity index (χ4v) is 2.92.